The Bertz CT molecular complexity index is 1150. The SMILES string of the molecule is Cc1cc([C@@H]2CN(c3nc4nc(C)ccc4c([C@H]4C[C@H](C(F)(F)F)C4)n3)CCO2)ccn1. The van der Waals surface area contributed by atoms with Crippen molar-refractivity contribution < 1.29 is 17.9 Å². The van der Waals surface area contributed by atoms with Gasteiger partial charge in [-0.2, -0.15) is 18.2 Å². The summed E-state index contributed by atoms with van der Waals surface area (Å²) < 4.78 is 45.2. The smallest absolute Gasteiger partial charge is 0.370 e. The fraction of sp³-hybridized carbons (Fsp3) is 0.478. The molecular formula is C23H24F3N5O. The van der Waals surface area contributed by atoms with Crippen molar-refractivity contribution >= 4 is 17.0 Å². The topological polar surface area (TPSA) is 64.0 Å². The predicted molar refractivity (Wildman–Crippen MR) is 113 cm³/mol. The van der Waals surface area contributed by atoms with Gasteiger partial charge in [-0.3, -0.25) is 4.98 Å². The fourth-order valence-corrected chi connectivity index (χ4v) is 4.48. The molecule has 1 saturated heterocycles. The molecule has 1 saturated carbocycles. The van der Waals surface area contributed by atoms with Crippen LogP contribution in [0.15, 0.2) is 30.5 Å². The van der Waals surface area contributed by atoms with Crippen LogP contribution in [-0.2, 0) is 4.74 Å². The molecule has 9 heteroatoms. The van der Waals surface area contributed by atoms with Crippen LogP contribution in [0.2, 0.25) is 0 Å². The number of alkyl halides is 3. The van der Waals surface area contributed by atoms with Gasteiger partial charge >= 0.3 is 6.18 Å². The Balaban J connectivity index is 1.47. The highest BCUT2D eigenvalue weighted by Gasteiger charge is 2.49. The molecule has 0 unspecified atom stereocenters. The third kappa shape index (κ3) is 4.01. The second-order valence-corrected chi connectivity index (χ2v) is 8.68. The minimum Gasteiger partial charge on any atom is -0.370 e. The lowest BCUT2D eigenvalue weighted by molar-refractivity contribution is -0.197. The first kappa shape index (κ1) is 21.1. The van der Waals surface area contributed by atoms with Crippen LogP contribution in [0, 0.1) is 19.8 Å². The maximum absolute atomic E-state index is 13.1. The fourth-order valence-electron chi connectivity index (χ4n) is 4.48. The van der Waals surface area contributed by atoms with E-state index in [0.717, 1.165) is 22.3 Å². The average molecular weight is 443 g/mol. The molecule has 0 amide bonds. The molecule has 1 aliphatic carbocycles. The predicted octanol–water partition coefficient (Wildman–Crippen LogP) is 4.67. The Morgan fingerprint density at radius 3 is 2.59 bits per heavy atom. The minimum absolute atomic E-state index is 0.0605. The molecular weight excluding hydrogens is 419 g/mol. The molecule has 1 aliphatic heterocycles. The van der Waals surface area contributed by atoms with Gasteiger partial charge in [0.2, 0.25) is 5.95 Å². The van der Waals surface area contributed by atoms with Crippen molar-refractivity contribution in [2.75, 3.05) is 24.6 Å². The van der Waals surface area contributed by atoms with E-state index in [2.05, 4.69) is 15.0 Å². The maximum atomic E-state index is 13.1. The van der Waals surface area contributed by atoms with Gasteiger partial charge in [0, 0.05) is 35.4 Å². The van der Waals surface area contributed by atoms with Gasteiger partial charge in [0.05, 0.1) is 24.8 Å². The number of fused-ring (bicyclic) bond motifs is 1. The largest absolute Gasteiger partial charge is 0.391 e. The van der Waals surface area contributed by atoms with Crippen LogP contribution in [0.5, 0.6) is 0 Å². The minimum atomic E-state index is -4.16. The molecule has 1 atom stereocenters. The van der Waals surface area contributed by atoms with Gasteiger partial charge in [-0.1, -0.05) is 0 Å². The summed E-state index contributed by atoms with van der Waals surface area (Å²) in [7, 11) is 0. The molecule has 5 rings (SSSR count). The summed E-state index contributed by atoms with van der Waals surface area (Å²) in [5.41, 5.74) is 3.95. The highest BCUT2D eigenvalue weighted by Crippen LogP contribution is 2.50. The van der Waals surface area contributed by atoms with Gasteiger partial charge in [0.25, 0.3) is 0 Å². The normalized spacial score (nSPS) is 23.9. The Morgan fingerprint density at radius 1 is 1.03 bits per heavy atom. The molecule has 0 radical (unpaired) electrons. The van der Waals surface area contributed by atoms with Crippen LogP contribution in [0.4, 0.5) is 19.1 Å². The molecule has 2 aliphatic rings. The van der Waals surface area contributed by atoms with Crippen molar-refractivity contribution in [1.29, 1.82) is 0 Å². The number of hydrogen-bond acceptors (Lipinski definition) is 6. The maximum Gasteiger partial charge on any atom is 0.391 e. The van der Waals surface area contributed by atoms with Crippen LogP contribution in [0.1, 0.15) is 47.5 Å². The van der Waals surface area contributed by atoms with E-state index in [4.69, 9.17) is 9.72 Å². The summed E-state index contributed by atoms with van der Waals surface area (Å²) in [6.07, 6.45) is -2.43. The van der Waals surface area contributed by atoms with Crippen molar-refractivity contribution in [1.82, 2.24) is 19.9 Å². The van der Waals surface area contributed by atoms with Gasteiger partial charge in [0.15, 0.2) is 5.65 Å². The number of halogens is 3. The summed E-state index contributed by atoms with van der Waals surface area (Å²) >= 11 is 0. The zero-order valence-corrected chi connectivity index (χ0v) is 17.9. The summed E-state index contributed by atoms with van der Waals surface area (Å²) in [5.74, 6) is -1.00. The molecule has 3 aromatic rings. The molecule has 168 valence electrons. The van der Waals surface area contributed by atoms with E-state index in [1.807, 2.05) is 43.0 Å². The summed E-state index contributed by atoms with van der Waals surface area (Å²) in [4.78, 5) is 20.3. The molecule has 2 fully saturated rings. The van der Waals surface area contributed by atoms with Crippen molar-refractivity contribution in [3.05, 3.63) is 53.1 Å². The number of anilines is 1. The number of pyridine rings is 2. The Labute approximate surface area is 183 Å². The van der Waals surface area contributed by atoms with Gasteiger partial charge < -0.3 is 9.64 Å². The number of rotatable bonds is 3. The first-order valence-corrected chi connectivity index (χ1v) is 10.8. The van der Waals surface area contributed by atoms with Gasteiger partial charge in [-0.15, -0.1) is 0 Å². The van der Waals surface area contributed by atoms with Crippen LogP contribution >= 0.6 is 0 Å². The van der Waals surface area contributed by atoms with Crippen molar-refractivity contribution in [2.24, 2.45) is 5.92 Å². The molecule has 0 aromatic carbocycles. The summed E-state index contributed by atoms with van der Waals surface area (Å²) in [6, 6.07) is 7.66. The second kappa shape index (κ2) is 7.95. The molecule has 6 nitrogen and oxygen atoms in total. The molecule has 0 spiro atoms. The Morgan fingerprint density at radius 2 is 1.84 bits per heavy atom. The standard InChI is InChI=1S/C23H24F3N5O/c1-13-3-4-18-20(16-10-17(11-16)23(24,25)26)29-22(30-21(18)28-13)31-7-8-32-19(12-31)15-5-6-27-14(2)9-15/h3-6,9,16-17,19H,7-8,10-12H2,1-2H3/t16-,17-,19-/m0/s1. The number of ether oxygens (including phenoxy) is 1. The van der Waals surface area contributed by atoms with E-state index in [-0.39, 0.29) is 24.9 Å². The zero-order valence-electron chi connectivity index (χ0n) is 17.9. The molecule has 4 heterocycles. The average Bonchev–Trinajstić information content (AvgIpc) is 2.71. The van der Waals surface area contributed by atoms with E-state index in [1.54, 1.807) is 6.20 Å². The highest BCUT2D eigenvalue weighted by molar-refractivity contribution is 5.79. The summed E-state index contributed by atoms with van der Waals surface area (Å²) in [6.45, 7) is 5.47. The number of morpholine rings is 1. The van der Waals surface area contributed by atoms with Crippen LogP contribution in [0.3, 0.4) is 0 Å². The molecule has 0 N–H and O–H groups in total. The van der Waals surface area contributed by atoms with Crippen LogP contribution in [-0.4, -0.2) is 45.8 Å². The van der Waals surface area contributed by atoms with Crippen LogP contribution < -0.4 is 4.90 Å². The lowest BCUT2D eigenvalue weighted by Gasteiger charge is -2.37. The van der Waals surface area contributed by atoms with Crippen molar-refractivity contribution in [3.63, 3.8) is 0 Å². The van der Waals surface area contributed by atoms with E-state index in [0.29, 0.717) is 37.0 Å². The van der Waals surface area contributed by atoms with Gasteiger partial charge in [-0.25, -0.2) is 9.97 Å². The van der Waals surface area contributed by atoms with Gasteiger partial charge in [0.1, 0.15) is 6.10 Å². The van der Waals surface area contributed by atoms with E-state index >= 15 is 0 Å². The quantitative estimate of drug-likeness (QED) is 0.586. The number of aryl methyl sites for hydroxylation is 2. The van der Waals surface area contributed by atoms with Crippen molar-refractivity contribution in [3.8, 4) is 0 Å². The number of hydrogen-bond donors (Lipinski definition) is 0. The number of aromatic nitrogens is 4. The third-order valence-corrected chi connectivity index (χ3v) is 6.35. The van der Waals surface area contributed by atoms with E-state index in [9.17, 15) is 13.2 Å². The molecule has 3 aromatic heterocycles. The second-order valence-electron chi connectivity index (χ2n) is 8.68. The van der Waals surface area contributed by atoms with Crippen molar-refractivity contribution in [2.45, 2.75) is 44.9 Å². The number of nitrogens with zero attached hydrogens (tertiary/aromatic N) is 5. The lowest BCUT2D eigenvalue weighted by Crippen LogP contribution is -2.40. The third-order valence-electron chi connectivity index (χ3n) is 6.35. The van der Waals surface area contributed by atoms with E-state index < -0.39 is 12.1 Å². The van der Waals surface area contributed by atoms with E-state index in [1.165, 1.54) is 0 Å². The molecule has 32 heavy (non-hydrogen) atoms. The van der Waals surface area contributed by atoms with Gasteiger partial charge in [-0.05, 0) is 56.5 Å². The Hall–Kier alpha value is -2.81. The molecule has 0 bridgehead atoms. The monoisotopic (exact) mass is 443 g/mol. The lowest BCUT2D eigenvalue weighted by atomic mass is 9.72. The first-order chi connectivity index (χ1) is 15.3. The first-order valence-electron chi connectivity index (χ1n) is 10.8. The summed E-state index contributed by atoms with van der Waals surface area (Å²) in [5, 5.41) is 0.736. The Kier molecular flexibility index (Phi) is 5.23. The highest BCUT2D eigenvalue weighted by atomic mass is 19.4. The zero-order chi connectivity index (χ0) is 22.5. The van der Waals surface area contributed by atoms with Crippen LogP contribution in [0.25, 0.3) is 11.0 Å².